The molecule has 0 radical (unpaired) electrons. The Morgan fingerprint density at radius 2 is 1.47 bits per heavy atom. The van der Waals surface area contributed by atoms with Crippen molar-refractivity contribution in [2.24, 2.45) is 0 Å². The zero-order chi connectivity index (χ0) is 23.4. The largest absolute Gasteiger partial charge is 0.368 e. The summed E-state index contributed by atoms with van der Waals surface area (Å²) >= 11 is 0. The van der Waals surface area contributed by atoms with Gasteiger partial charge in [0.15, 0.2) is 0 Å². The molecule has 1 aliphatic heterocycles. The van der Waals surface area contributed by atoms with Gasteiger partial charge in [0, 0.05) is 63.1 Å². The molecule has 0 unspecified atom stereocenters. The van der Waals surface area contributed by atoms with Crippen LogP contribution in [-0.4, -0.2) is 56.6 Å². The first kappa shape index (κ1) is 22.7. The number of hydrogen-bond donors (Lipinski definition) is 1. The predicted octanol–water partition coefficient (Wildman–Crippen LogP) is 3.79. The highest BCUT2D eigenvalue weighted by Gasteiger charge is 2.22. The Hall–Kier alpha value is -3.13. The Morgan fingerprint density at radius 1 is 0.765 bits per heavy atom. The molecule has 1 aliphatic rings. The van der Waals surface area contributed by atoms with Crippen LogP contribution in [0.3, 0.4) is 0 Å². The molecule has 0 spiro atoms. The number of anilines is 1. The third-order valence-corrected chi connectivity index (χ3v) is 8.17. The molecular formula is C27H30N4O2S. The molecule has 176 valence electrons. The van der Waals surface area contributed by atoms with E-state index in [1.54, 1.807) is 30.5 Å². The van der Waals surface area contributed by atoms with E-state index in [2.05, 4.69) is 45.4 Å². The summed E-state index contributed by atoms with van der Waals surface area (Å²) < 4.78 is 27.8. The summed E-state index contributed by atoms with van der Waals surface area (Å²) in [5.41, 5.74) is 3.12. The first-order valence-electron chi connectivity index (χ1n) is 11.8. The summed E-state index contributed by atoms with van der Waals surface area (Å²) in [5.74, 6) is 0. The summed E-state index contributed by atoms with van der Waals surface area (Å²) in [6.07, 6.45) is 1.67. The van der Waals surface area contributed by atoms with Gasteiger partial charge in [0.25, 0.3) is 10.0 Å². The third kappa shape index (κ3) is 4.73. The van der Waals surface area contributed by atoms with Crippen LogP contribution in [0.5, 0.6) is 0 Å². The van der Waals surface area contributed by atoms with E-state index in [4.69, 9.17) is 0 Å². The second-order valence-corrected chi connectivity index (χ2v) is 10.4. The maximum atomic E-state index is 13.2. The first-order valence-corrected chi connectivity index (χ1v) is 13.2. The molecule has 1 saturated heterocycles. The van der Waals surface area contributed by atoms with Crippen molar-refractivity contribution in [3.63, 3.8) is 0 Å². The zero-order valence-electron chi connectivity index (χ0n) is 19.2. The maximum absolute atomic E-state index is 13.2. The van der Waals surface area contributed by atoms with Gasteiger partial charge in [0.1, 0.15) is 0 Å². The van der Waals surface area contributed by atoms with Crippen LogP contribution in [0.4, 0.5) is 5.69 Å². The molecular weight excluding hydrogens is 444 g/mol. The quantitative estimate of drug-likeness (QED) is 0.394. The molecule has 4 aromatic rings. The standard InChI is InChI=1S/C27H30N4O2S/c32-34(33,24-10-5-2-6-11-24)31-16-14-25-26(12-7-13-27(25)31)30-20-18-29(19-21-30)17-15-28-22-23-8-3-1-4-9-23/h1-14,16,28H,15,17-22H2. The van der Waals surface area contributed by atoms with Crippen molar-refractivity contribution in [1.29, 1.82) is 0 Å². The Labute approximate surface area is 201 Å². The molecule has 1 N–H and O–H groups in total. The molecule has 2 heterocycles. The molecule has 34 heavy (non-hydrogen) atoms. The van der Waals surface area contributed by atoms with Crippen LogP contribution in [0.1, 0.15) is 5.56 Å². The molecule has 0 saturated carbocycles. The number of aromatic nitrogens is 1. The van der Waals surface area contributed by atoms with E-state index in [0.717, 1.165) is 56.9 Å². The summed E-state index contributed by atoms with van der Waals surface area (Å²) in [7, 11) is -3.63. The normalized spacial score (nSPS) is 15.1. The molecule has 6 nitrogen and oxygen atoms in total. The minimum Gasteiger partial charge on any atom is -0.368 e. The fourth-order valence-electron chi connectivity index (χ4n) is 4.60. The Kier molecular flexibility index (Phi) is 6.67. The second kappa shape index (κ2) is 10.0. The number of rotatable bonds is 8. The van der Waals surface area contributed by atoms with Crippen LogP contribution in [0, 0.1) is 0 Å². The Morgan fingerprint density at radius 3 is 2.21 bits per heavy atom. The van der Waals surface area contributed by atoms with E-state index in [-0.39, 0.29) is 0 Å². The van der Waals surface area contributed by atoms with Crippen molar-refractivity contribution in [3.05, 3.63) is 96.7 Å². The minimum absolute atomic E-state index is 0.299. The summed E-state index contributed by atoms with van der Waals surface area (Å²) in [5, 5.41) is 4.50. The molecule has 1 fully saturated rings. The lowest BCUT2D eigenvalue weighted by Crippen LogP contribution is -2.48. The molecule has 0 amide bonds. The number of nitrogens with one attached hydrogen (secondary N) is 1. The van der Waals surface area contributed by atoms with Gasteiger partial charge >= 0.3 is 0 Å². The van der Waals surface area contributed by atoms with Crippen LogP contribution < -0.4 is 10.2 Å². The maximum Gasteiger partial charge on any atom is 0.268 e. The van der Waals surface area contributed by atoms with Crippen LogP contribution in [0.2, 0.25) is 0 Å². The van der Waals surface area contributed by atoms with Crippen molar-refractivity contribution in [2.75, 3.05) is 44.2 Å². The van der Waals surface area contributed by atoms with E-state index in [9.17, 15) is 8.42 Å². The van der Waals surface area contributed by atoms with E-state index >= 15 is 0 Å². The Bertz CT molecular complexity index is 1330. The second-order valence-electron chi connectivity index (χ2n) is 8.63. The van der Waals surface area contributed by atoms with Gasteiger partial charge in [0.2, 0.25) is 0 Å². The van der Waals surface area contributed by atoms with E-state index in [1.165, 1.54) is 9.54 Å². The number of hydrogen-bond acceptors (Lipinski definition) is 5. The van der Waals surface area contributed by atoms with Crippen molar-refractivity contribution in [3.8, 4) is 0 Å². The summed E-state index contributed by atoms with van der Waals surface area (Å²) in [4.78, 5) is 5.16. The fourth-order valence-corrected chi connectivity index (χ4v) is 5.96. The molecule has 0 bridgehead atoms. The lowest BCUT2D eigenvalue weighted by atomic mass is 10.1. The van der Waals surface area contributed by atoms with Crippen molar-refractivity contribution in [1.82, 2.24) is 14.2 Å². The number of piperazine rings is 1. The van der Waals surface area contributed by atoms with Gasteiger partial charge in [-0.05, 0) is 35.9 Å². The molecule has 5 rings (SSSR count). The van der Waals surface area contributed by atoms with Crippen LogP contribution in [0.15, 0.2) is 96.0 Å². The molecule has 0 atom stereocenters. The van der Waals surface area contributed by atoms with Crippen molar-refractivity contribution >= 4 is 26.6 Å². The minimum atomic E-state index is -3.63. The van der Waals surface area contributed by atoms with E-state index < -0.39 is 10.0 Å². The average molecular weight is 475 g/mol. The highest BCUT2D eigenvalue weighted by Crippen LogP contribution is 2.30. The van der Waals surface area contributed by atoms with E-state index in [1.807, 2.05) is 30.3 Å². The Balaban J connectivity index is 1.23. The number of nitrogens with zero attached hydrogens (tertiary/aromatic N) is 3. The monoisotopic (exact) mass is 474 g/mol. The number of benzene rings is 3. The topological polar surface area (TPSA) is 57.6 Å². The first-order chi connectivity index (χ1) is 16.6. The highest BCUT2D eigenvalue weighted by molar-refractivity contribution is 7.90. The summed E-state index contributed by atoms with van der Waals surface area (Å²) in [6.45, 7) is 6.72. The summed E-state index contributed by atoms with van der Waals surface area (Å²) in [6, 6.07) is 26.9. The highest BCUT2D eigenvalue weighted by atomic mass is 32.2. The van der Waals surface area contributed by atoms with Gasteiger partial charge < -0.3 is 10.2 Å². The lowest BCUT2D eigenvalue weighted by Gasteiger charge is -2.36. The van der Waals surface area contributed by atoms with Crippen molar-refractivity contribution < 1.29 is 8.42 Å². The van der Waals surface area contributed by atoms with Gasteiger partial charge in [-0.2, -0.15) is 0 Å². The van der Waals surface area contributed by atoms with Gasteiger partial charge in [-0.15, -0.1) is 0 Å². The van der Waals surface area contributed by atoms with Crippen LogP contribution in [0.25, 0.3) is 10.9 Å². The van der Waals surface area contributed by atoms with E-state index in [0.29, 0.717) is 10.4 Å². The molecule has 1 aromatic heterocycles. The van der Waals surface area contributed by atoms with Crippen molar-refractivity contribution in [2.45, 2.75) is 11.4 Å². The van der Waals surface area contributed by atoms with Crippen LogP contribution in [-0.2, 0) is 16.6 Å². The molecule has 7 heteroatoms. The number of fused-ring (bicyclic) bond motifs is 1. The van der Waals surface area contributed by atoms with Crippen LogP contribution >= 0.6 is 0 Å². The van der Waals surface area contributed by atoms with Gasteiger partial charge in [0.05, 0.1) is 10.4 Å². The van der Waals surface area contributed by atoms with Gasteiger partial charge in [-0.3, -0.25) is 4.90 Å². The fraction of sp³-hybridized carbons (Fsp3) is 0.259. The van der Waals surface area contributed by atoms with Gasteiger partial charge in [-0.1, -0.05) is 54.6 Å². The SMILES string of the molecule is O=S(=O)(c1ccccc1)n1ccc2c(N3CCN(CCNCc4ccccc4)CC3)cccc21. The smallest absolute Gasteiger partial charge is 0.268 e. The molecule has 3 aromatic carbocycles. The average Bonchev–Trinajstić information content (AvgIpc) is 3.34. The zero-order valence-corrected chi connectivity index (χ0v) is 20.0. The molecule has 0 aliphatic carbocycles. The van der Waals surface area contributed by atoms with Gasteiger partial charge in [-0.25, -0.2) is 12.4 Å². The third-order valence-electron chi connectivity index (χ3n) is 6.46. The predicted molar refractivity (Wildman–Crippen MR) is 138 cm³/mol. The lowest BCUT2D eigenvalue weighted by molar-refractivity contribution is 0.257.